The van der Waals surface area contributed by atoms with Gasteiger partial charge in [0.1, 0.15) is 0 Å². The van der Waals surface area contributed by atoms with Crippen molar-refractivity contribution in [1.82, 2.24) is 10.2 Å². The third-order valence-electron chi connectivity index (χ3n) is 2.66. The topological polar surface area (TPSA) is 32.3 Å². The van der Waals surface area contributed by atoms with Crippen LogP contribution in [0.2, 0.25) is 0 Å². The lowest BCUT2D eigenvalue weighted by Crippen LogP contribution is -2.56. The second-order valence-electron chi connectivity index (χ2n) is 4.26. The maximum Gasteiger partial charge on any atom is 0.232 e. The Kier molecular flexibility index (Phi) is 5.47. The second-order valence-corrected chi connectivity index (χ2v) is 5.36. The summed E-state index contributed by atoms with van der Waals surface area (Å²) in [6.45, 7) is 8.16. The fourth-order valence-electron chi connectivity index (χ4n) is 1.76. The molecule has 2 atom stereocenters. The van der Waals surface area contributed by atoms with E-state index in [4.69, 9.17) is 0 Å². The van der Waals surface area contributed by atoms with E-state index >= 15 is 0 Å². The molecule has 0 spiro atoms. The molecule has 0 aliphatic carbocycles. The molecule has 0 saturated carbocycles. The van der Waals surface area contributed by atoms with Crippen LogP contribution in [0.3, 0.4) is 0 Å². The number of carbonyl (C=O) groups excluding carboxylic acids is 1. The summed E-state index contributed by atoms with van der Waals surface area (Å²) in [7, 11) is 0. The maximum absolute atomic E-state index is 11.9. The number of hydrogen-bond donors (Lipinski definition) is 1. The molecular formula is C11H22N2OS. The first-order valence-corrected chi connectivity index (χ1v) is 6.91. The fourth-order valence-corrected chi connectivity index (χ4v) is 2.53. The van der Waals surface area contributed by atoms with Gasteiger partial charge in [-0.3, -0.25) is 4.79 Å². The van der Waals surface area contributed by atoms with Crippen molar-refractivity contribution in [1.29, 1.82) is 0 Å². The van der Waals surface area contributed by atoms with Crippen molar-refractivity contribution in [2.75, 3.05) is 24.6 Å². The highest BCUT2D eigenvalue weighted by atomic mass is 32.2. The third-order valence-corrected chi connectivity index (χ3v) is 3.81. The van der Waals surface area contributed by atoms with Crippen LogP contribution in [0.15, 0.2) is 0 Å². The molecule has 2 unspecified atom stereocenters. The van der Waals surface area contributed by atoms with E-state index in [1.807, 2.05) is 4.90 Å². The Labute approximate surface area is 97.0 Å². The first-order valence-electron chi connectivity index (χ1n) is 5.75. The zero-order chi connectivity index (χ0) is 11.3. The summed E-state index contributed by atoms with van der Waals surface area (Å²) in [5.41, 5.74) is 0. The molecule has 3 nitrogen and oxygen atoms in total. The van der Waals surface area contributed by atoms with Crippen molar-refractivity contribution in [3.63, 3.8) is 0 Å². The molecule has 1 amide bonds. The van der Waals surface area contributed by atoms with Crippen LogP contribution < -0.4 is 5.32 Å². The molecule has 1 fully saturated rings. The summed E-state index contributed by atoms with van der Waals surface area (Å²) in [5, 5.41) is 3.38. The quantitative estimate of drug-likeness (QED) is 0.740. The Bertz CT molecular complexity index is 211. The number of piperazine rings is 1. The lowest BCUT2D eigenvalue weighted by Gasteiger charge is -2.37. The number of carbonyl (C=O) groups is 1. The zero-order valence-corrected chi connectivity index (χ0v) is 10.8. The molecule has 1 rings (SSSR count). The van der Waals surface area contributed by atoms with Gasteiger partial charge in [-0.25, -0.2) is 0 Å². The van der Waals surface area contributed by atoms with Crippen LogP contribution in [-0.2, 0) is 4.79 Å². The number of thioether (sulfide) groups is 1. The van der Waals surface area contributed by atoms with Crippen molar-refractivity contribution in [2.24, 2.45) is 0 Å². The zero-order valence-electron chi connectivity index (χ0n) is 9.95. The molecule has 15 heavy (non-hydrogen) atoms. The Hall–Kier alpha value is -0.220. The maximum atomic E-state index is 11.9. The number of nitrogens with zero attached hydrogens (tertiary/aromatic N) is 1. The molecule has 1 aliphatic rings. The molecule has 1 N–H and O–H groups in total. The average Bonchev–Trinajstić information content (AvgIpc) is 2.22. The van der Waals surface area contributed by atoms with Gasteiger partial charge in [-0.15, -0.1) is 0 Å². The largest absolute Gasteiger partial charge is 0.336 e. The summed E-state index contributed by atoms with van der Waals surface area (Å²) in [5.74, 6) is 2.03. The van der Waals surface area contributed by atoms with Gasteiger partial charge in [-0.2, -0.15) is 11.8 Å². The minimum atomic E-state index is 0.300. The van der Waals surface area contributed by atoms with E-state index in [0.29, 0.717) is 23.7 Å². The summed E-state index contributed by atoms with van der Waals surface area (Å²) in [4.78, 5) is 13.9. The first kappa shape index (κ1) is 12.8. The Morgan fingerprint density at radius 3 is 2.93 bits per heavy atom. The van der Waals surface area contributed by atoms with E-state index < -0.39 is 0 Å². The van der Waals surface area contributed by atoms with E-state index in [9.17, 15) is 4.79 Å². The van der Waals surface area contributed by atoms with Crippen molar-refractivity contribution in [3.05, 3.63) is 0 Å². The Balaban J connectivity index is 2.35. The molecule has 1 aliphatic heterocycles. The lowest BCUT2D eigenvalue weighted by atomic mass is 10.1. The smallest absolute Gasteiger partial charge is 0.232 e. The second kappa shape index (κ2) is 6.38. The summed E-state index contributed by atoms with van der Waals surface area (Å²) in [6.07, 6.45) is 1.14. The van der Waals surface area contributed by atoms with Crippen molar-refractivity contribution in [3.8, 4) is 0 Å². The molecule has 1 saturated heterocycles. The van der Waals surface area contributed by atoms with Crippen molar-refractivity contribution >= 4 is 17.7 Å². The molecule has 0 aromatic rings. The number of nitrogens with one attached hydrogen (secondary N) is 1. The highest BCUT2D eigenvalue weighted by molar-refractivity contribution is 7.99. The Morgan fingerprint density at radius 1 is 1.53 bits per heavy atom. The van der Waals surface area contributed by atoms with Gasteiger partial charge in [0.25, 0.3) is 0 Å². The highest BCUT2D eigenvalue weighted by Gasteiger charge is 2.25. The van der Waals surface area contributed by atoms with Crippen molar-refractivity contribution < 1.29 is 4.79 Å². The average molecular weight is 230 g/mol. The van der Waals surface area contributed by atoms with Crippen LogP contribution in [0.5, 0.6) is 0 Å². The van der Waals surface area contributed by atoms with Crippen LogP contribution in [0.4, 0.5) is 0 Å². The predicted molar refractivity (Wildman–Crippen MR) is 66.3 cm³/mol. The minimum absolute atomic E-state index is 0.300. The number of hydrogen-bond acceptors (Lipinski definition) is 3. The van der Waals surface area contributed by atoms with Crippen LogP contribution in [0.1, 0.15) is 27.2 Å². The fraction of sp³-hybridized carbons (Fsp3) is 0.909. The van der Waals surface area contributed by atoms with Crippen LogP contribution >= 0.6 is 11.8 Å². The SMILES string of the molecule is CCCSCC(=O)N1CC(C)NCC1C. The molecule has 1 heterocycles. The molecule has 0 bridgehead atoms. The van der Waals surface area contributed by atoms with Gasteiger partial charge in [0.2, 0.25) is 5.91 Å². The van der Waals surface area contributed by atoms with E-state index in [1.54, 1.807) is 11.8 Å². The normalized spacial score (nSPS) is 26.7. The third kappa shape index (κ3) is 4.03. The van der Waals surface area contributed by atoms with Crippen LogP contribution in [0, 0.1) is 0 Å². The van der Waals surface area contributed by atoms with Gasteiger partial charge in [-0.1, -0.05) is 6.92 Å². The van der Waals surface area contributed by atoms with Crippen LogP contribution in [-0.4, -0.2) is 47.5 Å². The summed E-state index contributed by atoms with van der Waals surface area (Å²) < 4.78 is 0. The number of amides is 1. The van der Waals surface area contributed by atoms with E-state index in [0.717, 1.165) is 25.3 Å². The van der Waals surface area contributed by atoms with Gasteiger partial charge in [0.05, 0.1) is 5.75 Å². The molecule has 4 heteroatoms. The lowest BCUT2D eigenvalue weighted by molar-refractivity contribution is -0.131. The molecule has 88 valence electrons. The van der Waals surface area contributed by atoms with Gasteiger partial charge in [0.15, 0.2) is 0 Å². The van der Waals surface area contributed by atoms with E-state index in [-0.39, 0.29) is 0 Å². The minimum Gasteiger partial charge on any atom is -0.336 e. The highest BCUT2D eigenvalue weighted by Crippen LogP contribution is 2.10. The molecule has 0 radical (unpaired) electrons. The standard InChI is InChI=1S/C11H22N2OS/c1-4-5-15-8-11(14)13-7-9(2)12-6-10(13)3/h9-10,12H,4-8H2,1-3H3. The molecular weight excluding hydrogens is 208 g/mol. The molecule has 0 aromatic heterocycles. The van der Waals surface area contributed by atoms with E-state index in [2.05, 4.69) is 26.1 Å². The van der Waals surface area contributed by atoms with Gasteiger partial charge in [-0.05, 0) is 26.0 Å². The first-order chi connectivity index (χ1) is 7.15. The predicted octanol–water partition coefficient (Wildman–Crippen LogP) is 1.34. The van der Waals surface area contributed by atoms with Gasteiger partial charge < -0.3 is 10.2 Å². The van der Waals surface area contributed by atoms with E-state index in [1.165, 1.54) is 0 Å². The van der Waals surface area contributed by atoms with Gasteiger partial charge >= 0.3 is 0 Å². The van der Waals surface area contributed by atoms with Crippen LogP contribution in [0.25, 0.3) is 0 Å². The van der Waals surface area contributed by atoms with Gasteiger partial charge in [0, 0.05) is 25.2 Å². The summed E-state index contributed by atoms with van der Waals surface area (Å²) in [6, 6.07) is 0.775. The van der Waals surface area contributed by atoms with Crippen molar-refractivity contribution in [2.45, 2.75) is 39.3 Å². The monoisotopic (exact) mass is 230 g/mol. The summed E-state index contributed by atoms with van der Waals surface area (Å²) >= 11 is 1.75. The number of rotatable bonds is 4. The Morgan fingerprint density at radius 2 is 2.27 bits per heavy atom. The molecule has 0 aromatic carbocycles.